The highest BCUT2D eigenvalue weighted by molar-refractivity contribution is 7.92. The summed E-state index contributed by atoms with van der Waals surface area (Å²) in [6.07, 6.45) is 2.68. The molecule has 1 heterocycles. The topological polar surface area (TPSA) is 46.2 Å². The Morgan fingerprint density at radius 1 is 1.04 bits per heavy atom. The van der Waals surface area contributed by atoms with Crippen LogP contribution in [-0.4, -0.2) is 26.8 Å². The summed E-state index contributed by atoms with van der Waals surface area (Å²) in [7, 11) is -3.42. The maximum absolute atomic E-state index is 13.0. The van der Waals surface area contributed by atoms with E-state index in [4.69, 9.17) is 11.6 Å². The normalized spacial score (nSPS) is 18.8. The third kappa shape index (κ3) is 3.72. The zero-order chi connectivity index (χ0) is 17.2. The van der Waals surface area contributed by atoms with Crippen molar-refractivity contribution in [2.75, 3.05) is 13.1 Å². The summed E-state index contributed by atoms with van der Waals surface area (Å²) in [6.45, 7) is 3.13. The number of aryl methyl sites for hydroxylation is 1. The molecule has 1 atom stereocenters. The third-order valence-corrected chi connectivity index (χ3v) is 6.55. The third-order valence-electron chi connectivity index (χ3n) is 4.27. The smallest absolute Gasteiger partial charge is 0.186 e. The van der Waals surface area contributed by atoms with Gasteiger partial charge < -0.3 is 5.32 Å². The van der Waals surface area contributed by atoms with Crippen molar-refractivity contribution in [3.8, 4) is 0 Å². The molecule has 0 bridgehead atoms. The minimum Gasteiger partial charge on any atom is -0.315 e. The van der Waals surface area contributed by atoms with Crippen LogP contribution in [0.5, 0.6) is 0 Å². The first-order chi connectivity index (χ1) is 11.5. The van der Waals surface area contributed by atoms with Gasteiger partial charge in [0.05, 0.1) is 10.1 Å². The molecule has 5 heteroatoms. The van der Waals surface area contributed by atoms with Crippen molar-refractivity contribution < 1.29 is 8.42 Å². The Labute approximate surface area is 148 Å². The summed E-state index contributed by atoms with van der Waals surface area (Å²) >= 11 is 5.95. The van der Waals surface area contributed by atoms with Gasteiger partial charge in [-0.15, -0.1) is 0 Å². The lowest BCUT2D eigenvalue weighted by Crippen LogP contribution is -2.31. The molecule has 1 N–H and O–H groups in total. The Balaban J connectivity index is 1.97. The number of sulfone groups is 1. The average molecular weight is 362 g/mol. The number of rotatable bonds is 3. The van der Waals surface area contributed by atoms with Crippen LogP contribution in [0.15, 0.2) is 59.5 Å². The Morgan fingerprint density at radius 3 is 2.38 bits per heavy atom. The molecular weight excluding hydrogens is 342 g/mol. The zero-order valence-electron chi connectivity index (χ0n) is 13.5. The van der Waals surface area contributed by atoms with Gasteiger partial charge in [-0.05, 0) is 55.3 Å². The van der Waals surface area contributed by atoms with E-state index in [2.05, 4.69) is 5.32 Å². The molecule has 3 nitrogen and oxygen atoms in total. The lowest BCUT2D eigenvalue weighted by atomic mass is 10.0. The SMILES string of the molecule is Cc1ccc(S(=O)(=O)[C@H]2C=C(c3ccc(Cl)cc3)CCNC2)cc1. The van der Waals surface area contributed by atoms with E-state index in [0.29, 0.717) is 16.5 Å². The van der Waals surface area contributed by atoms with Crippen LogP contribution >= 0.6 is 11.6 Å². The second-order valence-corrected chi connectivity index (χ2v) is 8.65. The van der Waals surface area contributed by atoms with Crippen molar-refractivity contribution in [3.63, 3.8) is 0 Å². The predicted octanol–water partition coefficient (Wildman–Crippen LogP) is 3.87. The quantitative estimate of drug-likeness (QED) is 0.902. The van der Waals surface area contributed by atoms with Crippen LogP contribution in [0.4, 0.5) is 0 Å². The molecule has 0 saturated heterocycles. The average Bonchev–Trinajstić information content (AvgIpc) is 2.83. The molecule has 3 rings (SSSR count). The van der Waals surface area contributed by atoms with Crippen molar-refractivity contribution in [3.05, 3.63) is 70.8 Å². The van der Waals surface area contributed by atoms with Crippen LogP contribution in [0.1, 0.15) is 17.5 Å². The van der Waals surface area contributed by atoms with E-state index in [-0.39, 0.29) is 0 Å². The van der Waals surface area contributed by atoms with Crippen LogP contribution in [0, 0.1) is 6.92 Å². The molecule has 0 fully saturated rings. The summed E-state index contributed by atoms with van der Waals surface area (Å²) in [6, 6.07) is 14.6. The van der Waals surface area contributed by atoms with Gasteiger partial charge in [0.2, 0.25) is 0 Å². The Morgan fingerprint density at radius 2 is 1.71 bits per heavy atom. The molecule has 0 aromatic heterocycles. The minimum absolute atomic E-state index is 0.369. The molecule has 2 aromatic carbocycles. The molecule has 1 aliphatic heterocycles. The van der Waals surface area contributed by atoms with E-state index in [9.17, 15) is 8.42 Å². The van der Waals surface area contributed by atoms with Crippen molar-refractivity contribution in [2.45, 2.75) is 23.5 Å². The van der Waals surface area contributed by atoms with Gasteiger partial charge in [-0.3, -0.25) is 0 Å². The number of nitrogens with one attached hydrogen (secondary N) is 1. The highest BCUT2D eigenvalue weighted by Gasteiger charge is 2.27. The van der Waals surface area contributed by atoms with Crippen LogP contribution in [0.25, 0.3) is 5.57 Å². The second kappa shape index (κ2) is 7.09. The molecule has 2 aromatic rings. The maximum Gasteiger partial charge on any atom is 0.186 e. The summed E-state index contributed by atoms with van der Waals surface area (Å²) < 4.78 is 26.0. The minimum atomic E-state index is -3.42. The Kier molecular flexibility index (Phi) is 5.09. The summed E-state index contributed by atoms with van der Waals surface area (Å²) in [5, 5.41) is 3.34. The summed E-state index contributed by atoms with van der Waals surface area (Å²) in [5.74, 6) is 0. The van der Waals surface area contributed by atoms with E-state index in [1.54, 1.807) is 12.1 Å². The molecule has 24 heavy (non-hydrogen) atoms. The van der Waals surface area contributed by atoms with Crippen molar-refractivity contribution >= 4 is 27.0 Å². The molecule has 126 valence electrons. The first-order valence-electron chi connectivity index (χ1n) is 7.95. The predicted molar refractivity (Wildman–Crippen MR) is 99.1 cm³/mol. The molecule has 0 aliphatic carbocycles. The summed E-state index contributed by atoms with van der Waals surface area (Å²) in [5.41, 5.74) is 3.11. The van der Waals surface area contributed by atoms with E-state index in [1.165, 1.54) is 0 Å². The first-order valence-corrected chi connectivity index (χ1v) is 9.87. The second-order valence-electron chi connectivity index (χ2n) is 6.05. The number of benzene rings is 2. The highest BCUT2D eigenvalue weighted by atomic mass is 35.5. The van der Waals surface area contributed by atoms with Crippen molar-refractivity contribution in [2.24, 2.45) is 0 Å². The number of hydrogen-bond donors (Lipinski definition) is 1. The molecular formula is C19H20ClNO2S. The first kappa shape index (κ1) is 17.2. The monoisotopic (exact) mass is 361 g/mol. The molecule has 0 unspecified atom stereocenters. The van der Waals surface area contributed by atoms with Crippen LogP contribution in [-0.2, 0) is 9.84 Å². The van der Waals surface area contributed by atoms with E-state index in [1.807, 2.05) is 49.4 Å². The van der Waals surface area contributed by atoms with Gasteiger partial charge in [0.25, 0.3) is 0 Å². The molecule has 0 amide bonds. The van der Waals surface area contributed by atoms with Gasteiger partial charge in [0, 0.05) is 11.6 Å². The standard InChI is InChI=1S/C19H20ClNO2S/c1-14-2-8-18(9-3-14)24(22,23)19-12-16(10-11-21-13-19)15-4-6-17(20)7-5-15/h2-9,12,19,21H,10-11,13H2,1H3/t19-/m0/s1. The van der Waals surface area contributed by atoms with E-state index < -0.39 is 15.1 Å². The van der Waals surface area contributed by atoms with E-state index in [0.717, 1.165) is 29.7 Å². The Bertz CT molecular complexity index is 840. The Hall–Kier alpha value is -1.62. The van der Waals surface area contributed by atoms with Crippen LogP contribution < -0.4 is 5.32 Å². The lowest BCUT2D eigenvalue weighted by Gasteiger charge is -2.14. The van der Waals surface area contributed by atoms with Gasteiger partial charge >= 0.3 is 0 Å². The fourth-order valence-corrected chi connectivity index (χ4v) is 4.51. The van der Waals surface area contributed by atoms with Gasteiger partial charge in [-0.2, -0.15) is 0 Å². The van der Waals surface area contributed by atoms with Gasteiger partial charge in [0.15, 0.2) is 9.84 Å². The largest absolute Gasteiger partial charge is 0.315 e. The van der Waals surface area contributed by atoms with Gasteiger partial charge in [-0.1, -0.05) is 47.5 Å². The zero-order valence-corrected chi connectivity index (χ0v) is 15.1. The number of hydrogen-bond acceptors (Lipinski definition) is 3. The number of halogens is 1. The fraction of sp³-hybridized carbons (Fsp3) is 0.263. The highest BCUT2D eigenvalue weighted by Crippen LogP contribution is 2.26. The van der Waals surface area contributed by atoms with Crippen molar-refractivity contribution in [1.82, 2.24) is 5.32 Å². The maximum atomic E-state index is 13.0. The van der Waals surface area contributed by atoms with Gasteiger partial charge in [-0.25, -0.2) is 8.42 Å². The van der Waals surface area contributed by atoms with Crippen LogP contribution in [0.2, 0.25) is 5.02 Å². The fourth-order valence-electron chi connectivity index (χ4n) is 2.84. The van der Waals surface area contributed by atoms with Gasteiger partial charge in [0.1, 0.15) is 0 Å². The van der Waals surface area contributed by atoms with E-state index >= 15 is 0 Å². The molecule has 0 radical (unpaired) electrons. The van der Waals surface area contributed by atoms with Crippen molar-refractivity contribution in [1.29, 1.82) is 0 Å². The lowest BCUT2D eigenvalue weighted by molar-refractivity contribution is 0.582. The van der Waals surface area contributed by atoms with Crippen LogP contribution in [0.3, 0.4) is 0 Å². The molecule has 1 aliphatic rings. The molecule has 0 saturated carbocycles. The summed E-state index contributed by atoms with van der Waals surface area (Å²) in [4.78, 5) is 0.369. The molecule has 0 spiro atoms.